The van der Waals surface area contributed by atoms with Gasteiger partial charge < -0.3 is 5.32 Å². The molecule has 1 aliphatic rings. The van der Waals surface area contributed by atoms with Crippen LogP contribution in [0.5, 0.6) is 0 Å². The molecule has 4 aromatic rings. The largest absolute Gasteiger partial charge is 0.356 e. The van der Waals surface area contributed by atoms with Gasteiger partial charge in [-0.3, -0.25) is 14.4 Å². The van der Waals surface area contributed by atoms with E-state index in [1.54, 1.807) is 11.3 Å². The Balaban J connectivity index is 1.47. The topological polar surface area (TPSA) is 72.2 Å². The maximum absolute atomic E-state index is 13.0. The number of benzene rings is 2. The SMILES string of the molecule is [B]c1ccc(CCNC(=O)CC2N=C(c3ccc(Cl)cc3)c3c(sc(C)c3C)-n3c(C)nnc32)cc1. The Bertz CT molecular complexity index is 1460. The first-order valence-electron chi connectivity index (χ1n) is 11.8. The summed E-state index contributed by atoms with van der Waals surface area (Å²) < 4.78 is 2.05. The third kappa shape index (κ3) is 4.75. The maximum atomic E-state index is 13.0. The number of aromatic nitrogens is 3. The van der Waals surface area contributed by atoms with Crippen molar-refractivity contribution >= 4 is 47.9 Å². The molecule has 6 nitrogen and oxygen atoms in total. The predicted octanol–water partition coefficient (Wildman–Crippen LogP) is 4.34. The van der Waals surface area contributed by atoms with Gasteiger partial charge in [-0.25, -0.2) is 0 Å². The number of carbonyl (C=O) groups excluding carboxylic acids is 1. The van der Waals surface area contributed by atoms with Gasteiger partial charge in [0.25, 0.3) is 0 Å². The minimum Gasteiger partial charge on any atom is -0.356 e. The molecule has 0 aliphatic carbocycles. The van der Waals surface area contributed by atoms with Crippen LogP contribution in [-0.2, 0) is 11.2 Å². The van der Waals surface area contributed by atoms with Crippen LogP contribution in [0.25, 0.3) is 5.00 Å². The zero-order valence-corrected chi connectivity index (χ0v) is 22.0. The summed E-state index contributed by atoms with van der Waals surface area (Å²) in [6, 6.07) is 14.9. The lowest BCUT2D eigenvalue weighted by atomic mass is 9.95. The number of aliphatic imine (C=N–C) groups is 1. The number of nitrogens with zero attached hydrogens (tertiary/aromatic N) is 4. The number of hydrogen-bond acceptors (Lipinski definition) is 5. The number of amides is 1. The van der Waals surface area contributed by atoms with Crippen molar-refractivity contribution in [2.24, 2.45) is 4.99 Å². The molecule has 180 valence electrons. The number of aryl methyl sites for hydroxylation is 2. The number of thiophene rings is 1. The average molecular weight is 514 g/mol. The molecule has 2 radical (unpaired) electrons. The van der Waals surface area contributed by atoms with Gasteiger partial charge in [-0.05, 0) is 50.5 Å². The van der Waals surface area contributed by atoms with Crippen molar-refractivity contribution in [2.75, 3.05) is 6.54 Å². The molecule has 1 amide bonds. The number of rotatable bonds is 6. The van der Waals surface area contributed by atoms with Crippen molar-refractivity contribution in [3.63, 3.8) is 0 Å². The highest BCUT2D eigenvalue weighted by Gasteiger charge is 2.32. The zero-order valence-electron chi connectivity index (χ0n) is 20.4. The van der Waals surface area contributed by atoms with E-state index in [4.69, 9.17) is 24.4 Å². The smallest absolute Gasteiger partial charge is 0.222 e. The first kappa shape index (κ1) is 24.5. The molecule has 2 aromatic heterocycles. The molecule has 0 fully saturated rings. The molecule has 36 heavy (non-hydrogen) atoms. The van der Waals surface area contributed by atoms with Crippen LogP contribution in [0, 0.1) is 20.8 Å². The predicted molar refractivity (Wildman–Crippen MR) is 146 cm³/mol. The molecule has 1 unspecified atom stereocenters. The zero-order chi connectivity index (χ0) is 25.4. The molecule has 1 atom stereocenters. The van der Waals surface area contributed by atoms with E-state index in [0.717, 1.165) is 50.7 Å². The molecule has 0 bridgehead atoms. The van der Waals surface area contributed by atoms with Crippen LogP contribution in [0.2, 0.25) is 5.02 Å². The van der Waals surface area contributed by atoms with Crippen LogP contribution in [0.4, 0.5) is 0 Å². The quantitative estimate of drug-likeness (QED) is 0.390. The van der Waals surface area contributed by atoms with E-state index in [9.17, 15) is 4.79 Å². The summed E-state index contributed by atoms with van der Waals surface area (Å²) in [6.45, 7) is 6.68. The Morgan fingerprint density at radius 1 is 1.08 bits per heavy atom. The molecule has 1 aliphatic heterocycles. The van der Waals surface area contributed by atoms with Crippen LogP contribution in [0.3, 0.4) is 0 Å². The minimum absolute atomic E-state index is 0.0833. The van der Waals surface area contributed by atoms with Crippen LogP contribution in [0.15, 0.2) is 53.5 Å². The van der Waals surface area contributed by atoms with E-state index in [1.165, 1.54) is 4.88 Å². The standard InChI is InChI=1S/C27H25BClN5OS/c1-15-16(2)36-27-24(15)25(19-6-10-21(29)11-7-19)31-22(26-33-32-17(3)34(26)27)14-23(35)30-13-12-18-4-8-20(28)9-5-18/h4-11,22H,12-14H2,1-3H3,(H,30,35). The summed E-state index contributed by atoms with van der Waals surface area (Å²) >= 11 is 7.87. The lowest BCUT2D eigenvalue weighted by Crippen LogP contribution is -2.27. The van der Waals surface area contributed by atoms with Crippen LogP contribution < -0.4 is 10.8 Å². The first-order valence-corrected chi connectivity index (χ1v) is 13.0. The van der Waals surface area contributed by atoms with Crippen molar-refractivity contribution in [1.82, 2.24) is 20.1 Å². The molecule has 0 saturated heterocycles. The van der Waals surface area contributed by atoms with Gasteiger partial charge in [0.15, 0.2) is 5.82 Å². The molecule has 9 heteroatoms. The van der Waals surface area contributed by atoms with Crippen LogP contribution in [0.1, 0.15) is 51.2 Å². The fourth-order valence-electron chi connectivity index (χ4n) is 4.41. The van der Waals surface area contributed by atoms with Crippen molar-refractivity contribution in [3.05, 3.63) is 92.3 Å². The molecular formula is C27H25BClN5OS. The Morgan fingerprint density at radius 3 is 2.53 bits per heavy atom. The molecular weight excluding hydrogens is 489 g/mol. The highest BCUT2D eigenvalue weighted by Crippen LogP contribution is 2.39. The summed E-state index contributed by atoms with van der Waals surface area (Å²) in [4.78, 5) is 19.4. The third-order valence-corrected chi connectivity index (χ3v) is 7.90. The summed E-state index contributed by atoms with van der Waals surface area (Å²) in [5.74, 6) is 1.36. The van der Waals surface area contributed by atoms with Gasteiger partial charge in [-0.1, -0.05) is 53.5 Å². The molecule has 5 rings (SSSR count). The Kier molecular flexibility index (Phi) is 6.82. The lowest BCUT2D eigenvalue weighted by Gasteiger charge is -2.13. The molecule has 0 spiro atoms. The van der Waals surface area contributed by atoms with E-state index in [2.05, 4.69) is 33.9 Å². The fraction of sp³-hybridized carbons (Fsp3) is 0.259. The molecule has 3 heterocycles. The number of hydrogen-bond donors (Lipinski definition) is 1. The number of nitrogens with one attached hydrogen (secondary N) is 1. The van der Waals surface area contributed by atoms with Crippen LogP contribution >= 0.6 is 22.9 Å². The summed E-state index contributed by atoms with van der Waals surface area (Å²) in [7, 11) is 5.76. The number of halogens is 1. The van der Waals surface area contributed by atoms with Gasteiger partial charge in [0.05, 0.1) is 12.1 Å². The monoisotopic (exact) mass is 513 g/mol. The highest BCUT2D eigenvalue weighted by molar-refractivity contribution is 7.15. The first-order chi connectivity index (χ1) is 17.3. The minimum atomic E-state index is -0.479. The van der Waals surface area contributed by atoms with E-state index < -0.39 is 6.04 Å². The molecule has 1 N–H and O–H groups in total. The average Bonchev–Trinajstić information content (AvgIpc) is 3.33. The summed E-state index contributed by atoms with van der Waals surface area (Å²) in [6.07, 6.45) is 0.894. The van der Waals surface area contributed by atoms with Crippen molar-refractivity contribution in [3.8, 4) is 5.00 Å². The van der Waals surface area contributed by atoms with Gasteiger partial charge in [0.1, 0.15) is 24.7 Å². The van der Waals surface area contributed by atoms with Gasteiger partial charge in [-0.2, -0.15) is 0 Å². The molecule has 2 aromatic carbocycles. The maximum Gasteiger partial charge on any atom is 0.222 e. The van der Waals surface area contributed by atoms with Gasteiger partial charge in [-0.15, -0.1) is 21.5 Å². The van der Waals surface area contributed by atoms with E-state index >= 15 is 0 Å². The fourth-order valence-corrected chi connectivity index (χ4v) is 5.75. The van der Waals surface area contributed by atoms with Gasteiger partial charge >= 0.3 is 0 Å². The molecule has 0 saturated carbocycles. The van der Waals surface area contributed by atoms with Crippen LogP contribution in [-0.4, -0.2) is 40.8 Å². The summed E-state index contributed by atoms with van der Waals surface area (Å²) in [5, 5.41) is 13.5. The van der Waals surface area contributed by atoms with Crippen molar-refractivity contribution in [1.29, 1.82) is 0 Å². The second kappa shape index (κ2) is 10.0. The van der Waals surface area contributed by atoms with E-state index in [0.29, 0.717) is 17.4 Å². The Hall–Kier alpha value is -3.23. The lowest BCUT2D eigenvalue weighted by molar-refractivity contribution is -0.121. The van der Waals surface area contributed by atoms with Crippen molar-refractivity contribution < 1.29 is 4.79 Å². The van der Waals surface area contributed by atoms with E-state index in [1.807, 2.05) is 55.5 Å². The second-order valence-electron chi connectivity index (χ2n) is 8.95. The van der Waals surface area contributed by atoms with Gasteiger partial charge in [0, 0.05) is 27.6 Å². The number of fused-ring (bicyclic) bond motifs is 3. The summed E-state index contributed by atoms with van der Waals surface area (Å²) in [5.41, 5.74) is 5.85. The van der Waals surface area contributed by atoms with Gasteiger partial charge in [0.2, 0.25) is 5.91 Å². The Labute approximate surface area is 220 Å². The highest BCUT2D eigenvalue weighted by atomic mass is 35.5. The second-order valence-corrected chi connectivity index (χ2v) is 10.6. The normalized spacial score (nSPS) is 14.6. The number of carbonyl (C=O) groups is 1. The van der Waals surface area contributed by atoms with E-state index in [-0.39, 0.29) is 12.3 Å². The third-order valence-electron chi connectivity index (χ3n) is 6.45. The van der Waals surface area contributed by atoms with Crippen molar-refractivity contribution in [2.45, 2.75) is 39.7 Å². The Morgan fingerprint density at radius 2 is 1.81 bits per heavy atom.